The molecule has 1 nitrogen and oxygen atoms in total. The number of aryl methyl sites for hydroxylation is 2. The van der Waals surface area contributed by atoms with Crippen molar-refractivity contribution >= 4 is 31.6 Å². The summed E-state index contributed by atoms with van der Waals surface area (Å²) in [5.74, 6) is 0. The van der Waals surface area contributed by atoms with Crippen molar-refractivity contribution in [2.75, 3.05) is 6.61 Å². The third-order valence-corrected chi connectivity index (χ3v) is 14.8. The maximum absolute atomic E-state index is 5.79. The van der Waals surface area contributed by atoms with Gasteiger partial charge in [0.2, 0.25) is 0 Å². The Bertz CT molecular complexity index is 789. The molecule has 0 fully saturated rings. The van der Waals surface area contributed by atoms with Crippen LogP contribution in [0.4, 0.5) is 0 Å². The van der Waals surface area contributed by atoms with E-state index in [1.165, 1.54) is 26.5 Å². The van der Waals surface area contributed by atoms with E-state index in [-0.39, 0.29) is 0 Å². The van der Waals surface area contributed by atoms with Gasteiger partial charge in [0.05, 0.1) is 0 Å². The first-order chi connectivity index (χ1) is 13.3. The second-order valence-electron chi connectivity index (χ2n) is 6.64. The predicted octanol–water partition coefficient (Wildman–Crippen LogP) is 3.86. The van der Waals surface area contributed by atoms with Crippen molar-refractivity contribution in [1.29, 1.82) is 0 Å². The van der Waals surface area contributed by atoms with Crippen LogP contribution in [-0.4, -0.2) is 28.4 Å². The first-order valence-electron chi connectivity index (χ1n) is 9.90. The van der Waals surface area contributed by atoms with Crippen LogP contribution in [0.5, 0.6) is 0 Å². The Labute approximate surface area is 172 Å². The Hall–Kier alpha value is -1.50. The zero-order valence-electron chi connectivity index (χ0n) is 16.6. The summed E-state index contributed by atoms with van der Waals surface area (Å²) >= 11 is -2.35. The van der Waals surface area contributed by atoms with E-state index in [1.807, 2.05) is 0 Å². The molecule has 0 heterocycles. The van der Waals surface area contributed by atoms with Gasteiger partial charge in [-0.1, -0.05) is 0 Å². The summed E-state index contributed by atoms with van der Waals surface area (Å²) < 4.78 is 10.4. The number of hydrogen-bond donors (Lipinski definition) is 0. The maximum atomic E-state index is 5.79. The Balaban J connectivity index is 2.09. The molecule has 3 rings (SSSR count). The van der Waals surface area contributed by atoms with E-state index in [0.717, 1.165) is 19.4 Å². The topological polar surface area (TPSA) is 9.23 Å². The summed E-state index contributed by atoms with van der Waals surface area (Å²) in [4.78, 5) is 0. The van der Waals surface area contributed by atoms with Gasteiger partial charge >= 0.3 is 173 Å². The third kappa shape index (κ3) is 5.06. The molecule has 0 aliphatic rings. The molecule has 0 bridgehead atoms. The van der Waals surface area contributed by atoms with Crippen molar-refractivity contribution < 1.29 is 4.74 Å². The fourth-order valence-electron chi connectivity index (χ4n) is 3.25. The van der Waals surface area contributed by atoms with Gasteiger partial charge in [-0.2, -0.15) is 0 Å². The molecule has 0 saturated heterocycles. The molecule has 3 aromatic rings. The number of rotatable bonds is 8. The Morgan fingerprint density at radius 1 is 0.667 bits per heavy atom. The number of benzene rings is 3. The normalized spacial score (nSPS) is 11.1. The van der Waals surface area contributed by atoms with Crippen molar-refractivity contribution in [1.82, 2.24) is 0 Å². The summed E-state index contributed by atoms with van der Waals surface area (Å²) in [5.41, 5.74) is 4.18. The molecule has 3 aromatic carbocycles. The van der Waals surface area contributed by atoms with Crippen molar-refractivity contribution in [3.63, 3.8) is 0 Å². The molecule has 0 spiro atoms. The fraction of sp³-hybridized carbons (Fsp3) is 0.280. The van der Waals surface area contributed by atoms with Crippen LogP contribution >= 0.6 is 0 Å². The molecule has 0 atom stereocenters. The average molecular weight is 554 g/mol. The minimum atomic E-state index is -2.35. The zero-order chi connectivity index (χ0) is 19.1. The summed E-state index contributed by atoms with van der Waals surface area (Å²) in [5, 5.41) is 0. The average Bonchev–Trinajstić information content (AvgIpc) is 2.74. The molecular weight excluding hydrogens is 525 g/mol. The van der Waals surface area contributed by atoms with E-state index in [1.54, 1.807) is 0 Å². The van der Waals surface area contributed by atoms with Gasteiger partial charge in [0.1, 0.15) is 0 Å². The quantitative estimate of drug-likeness (QED) is 0.385. The molecule has 27 heavy (non-hydrogen) atoms. The molecule has 140 valence electrons. The summed E-state index contributed by atoms with van der Waals surface area (Å²) in [7, 11) is 0. The van der Waals surface area contributed by atoms with Gasteiger partial charge in [0, 0.05) is 0 Å². The standard InChI is InChI=1S/C9H11O.2C8H9.Bi/c1-2-10-8-9-6-4-3-5-7-9;2*1-2-8-6-4-3-5-7-8;/h3-6H,2,8H2,1H3;2*4-7H,2H2,1H3;. The molecule has 0 saturated carbocycles. The second-order valence-corrected chi connectivity index (χ2v) is 15.1. The predicted molar refractivity (Wildman–Crippen MR) is 118 cm³/mol. The SMILES string of the molecule is CCOCc1cccc[c]1[Bi]([c]1ccc(CC)cc1)[c]1ccc(CC)cc1. The van der Waals surface area contributed by atoms with E-state index in [2.05, 4.69) is 93.6 Å². The molecule has 0 aliphatic carbocycles. The Morgan fingerprint density at radius 3 is 1.67 bits per heavy atom. The molecule has 0 radical (unpaired) electrons. The van der Waals surface area contributed by atoms with Gasteiger partial charge in [-0.05, 0) is 0 Å². The monoisotopic (exact) mass is 554 g/mol. The molecule has 0 N–H and O–H groups in total. The Morgan fingerprint density at radius 2 is 1.19 bits per heavy atom. The van der Waals surface area contributed by atoms with Crippen molar-refractivity contribution in [3.05, 3.63) is 89.5 Å². The van der Waals surface area contributed by atoms with Crippen molar-refractivity contribution in [3.8, 4) is 0 Å². The van der Waals surface area contributed by atoms with Crippen LogP contribution < -0.4 is 9.81 Å². The van der Waals surface area contributed by atoms with Crippen molar-refractivity contribution in [2.24, 2.45) is 0 Å². The van der Waals surface area contributed by atoms with Gasteiger partial charge in [0.15, 0.2) is 0 Å². The summed E-state index contributed by atoms with van der Waals surface area (Å²) in [6, 6.07) is 27.7. The molecule has 0 amide bonds. The first kappa shape index (κ1) is 20.2. The van der Waals surface area contributed by atoms with Crippen LogP contribution in [-0.2, 0) is 24.2 Å². The first-order valence-corrected chi connectivity index (χ1v) is 15.1. The van der Waals surface area contributed by atoms with Gasteiger partial charge in [-0.25, -0.2) is 0 Å². The van der Waals surface area contributed by atoms with Gasteiger partial charge in [-0.3, -0.25) is 0 Å². The van der Waals surface area contributed by atoms with Crippen LogP contribution in [0, 0.1) is 0 Å². The van der Waals surface area contributed by atoms with Crippen LogP contribution in [0.1, 0.15) is 37.5 Å². The minimum absolute atomic E-state index is 0.707. The van der Waals surface area contributed by atoms with Crippen LogP contribution in [0.25, 0.3) is 0 Å². The van der Waals surface area contributed by atoms with E-state index in [0.29, 0.717) is 6.61 Å². The van der Waals surface area contributed by atoms with Gasteiger partial charge in [0.25, 0.3) is 0 Å². The summed E-state index contributed by atoms with van der Waals surface area (Å²) in [6.45, 7) is 7.96. The van der Waals surface area contributed by atoms with E-state index in [9.17, 15) is 0 Å². The summed E-state index contributed by atoms with van der Waals surface area (Å²) in [6.07, 6.45) is 2.18. The van der Waals surface area contributed by atoms with Gasteiger partial charge in [-0.15, -0.1) is 0 Å². The van der Waals surface area contributed by atoms with E-state index >= 15 is 0 Å². The van der Waals surface area contributed by atoms with E-state index in [4.69, 9.17) is 4.74 Å². The van der Waals surface area contributed by atoms with Crippen LogP contribution in [0.3, 0.4) is 0 Å². The second kappa shape index (κ2) is 10.2. The van der Waals surface area contributed by atoms with Crippen LogP contribution in [0.2, 0.25) is 0 Å². The third-order valence-electron chi connectivity index (χ3n) is 4.90. The molecule has 2 heteroatoms. The van der Waals surface area contributed by atoms with Crippen LogP contribution in [0.15, 0.2) is 72.8 Å². The number of hydrogen-bond acceptors (Lipinski definition) is 1. The van der Waals surface area contributed by atoms with Gasteiger partial charge < -0.3 is 0 Å². The Kier molecular flexibility index (Phi) is 7.62. The fourth-order valence-corrected chi connectivity index (χ4v) is 12.6. The number of ether oxygens (including phenoxy) is 1. The molecule has 0 aromatic heterocycles. The van der Waals surface area contributed by atoms with E-state index < -0.39 is 21.8 Å². The zero-order valence-corrected chi connectivity index (χ0v) is 20.1. The molecular formula is C25H29BiO. The molecule has 0 unspecified atom stereocenters. The van der Waals surface area contributed by atoms with Crippen molar-refractivity contribution in [2.45, 2.75) is 40.2 Å². The molecule has 0 aliphatic heterocycles.